The van der Waals surface area contributed by atoms with Gasteiger partial charge in [-0.2, -0.15) is 0 Å². The van der Waals surface area contributed by atoms with Gasteiger partial charge in [0.05, 0.1) is 0 Å². The molecule has 5 atom stereocenters. The first kappa shape index (κ1) is 20.9. The fourth-order valence-corrected chi connectivity index (χ4v) is 16.8. The summed E-state index contributed by atoms with van der Waals surface area (Å²) >= 11 is -1.47. The van der Waals surface area contributed by atoms with Crippen LogP contribution in [0.25, 0.3) is 0 Å². The number of hydrogen-bond donors (Lipinski definition) is 1. The molecule has 0 radical (unpaired) electrons. The number of unbranched alkanes of at least 4 members (excludes halogenated alkanes) is 2. The molecule has 0 aromatic heterocycles. The number of benzene rings is 1. The standard InChI is InChI=1S/C12H14O4S.2C4H9.Sn/c1-7-9(13)10(14)11(15)12(16-7)17-8-5-3-2-4-6-8;2*1-3-4-2;/h2-7,9-13H,1H3;2*1,3-4H2,2H3;/q-2;;;+2/t7-,9-,10+,11+,12-;;;/m0.../s1. The summed E-state index contributed by atoms with van der Waals surface area (Å²) < 4.78 is 21.7. The quantitative estimate of drug-likeness (QED) is 0.539. The molecule has 26 heavy (non-hydrogen) atoms. The van der Waals surface area contributed by atoms with Crippen LogP contribution in [0.4, 0.5) is 0 Å². The Kier molecular flexibility index (Phi) is 7.74. The second kappa shape index (κ2) is 9.61. The van der Waals surface area contributed by atoms with Crippen LogP contribution in [0.15, 0.2) is 35.2 Å². The number of thioether (sulfide) groups is 1. The Hall–Kier alpha value is 0.209. The zero-order valence-electron chi connectivity index (χ0n) is 16.1. The van der Waals surface area contributed by atoms with E-state index in [9.17, 15) is 5.11 Å². The third kappa shape index (κ3) is 4.78. The average Bonchev–Trinajstić information content (AvgIpc) is 3.04. The zero-order chi connectivity index (χ0) is 18.6. The van der Waals surface area contributed by atoms with E-state index in [1.54, 1.807) is 11.8 Å². The van der Waals surface area contributed by atoms with Gasteiger partial charge in [-0.1, -0.05) is 0 Å². The summed E-state index contributed by atoms with van der Waals surface area (Å²) in [6, 6.07) is 10.3. The molecule has 2 fully saturated rings. The SMILES string of the molecule is CCC[CH2][Sn]1([CH2]CCC)[O][C@@H]2[C@@H](O)[C@H](C)O[C@@H](Sc3ccccc3)[C@@H]2[O]1. The Morgan fingerprint density at radius 1 is 1.00 bits per heavy atom. The molecule has 2 aliphatic heterocycles. The second-order valence-corrected chi connectivity index (χ2v) is 18.0. The van der Waals surface area contributed by atoms with Crippen LogP contribution in [0, 0.1) is 0 Å². The van der Waals surface area contributed by atoms with Gasteiger partial charge in [0.25, 0.3) is 0 Å². The maximum absolute atomic E-state index is 10.7. The first-order valence-electron chi connectivity index (χ1n) is 9.99. The molecule has 3 rings (SSSR count). The second-order valence-electron chi connectivity index (χ2n) is 7.41. The molecule has 146 valence electrons. The summed E-state index contributed by atoms with van der Waals surface area (Å²) in [5.74, 6) is 0. The van der Waals surface area contributed by atoms with Crippen LogP contribution in [0.2, 0.25) is 8.87 Å². The Labute approximate surface area is 167 Å². The van der Waals surface area contributed by atoms with Gasteiger partial charge in [0.15, 0.2) is 0 Å². The van der Waals surface area contributed by atoms with E-state index in [1.807, 2.05) is 25.1 Å². The number of ether oxygens (including phenoxy) is 1. The Morgan fingerprint density at radius 3 is 2.23 bits per heavy atom. The van der Waals surface area contributed by atoms with Gasteiger partial charge in [0.1, 0.15) is 0 Å². The molecule has 2 heterocycles. The number of rotatable bonds is 8. The van der Waals surface area contributed by atoms with Crippen molar-refractivity contribution in [2.24, 2.45) is 0 Å². The molecule has 2 aliphatic rings. The van der Waals surface area contributed by atoms with Gasteiger partial charge in [-0.3, -0.25) is 0 Å². The Balaban J connectivity index is 1.79. The minimum absolute atomic E-state index is 0.123. The van der Waals surface area contributed by atoms with Gasteiger partial charge < -0.3 is 0 Å². The van der Waals surface area contributed by atoms with Crippen molar-refractivity contribution in [2.75, 3.05) is 0 Å². The van der Waals surface area contributed by atoms with Gasteiger partial charge in [-0.15, -0.1) is 0 Å². The van der Waals surface area contributed by atoms with Crippen molar-refractivity contribution in [1.29, 1.82) is 0 Å². The van der Waals surface area contributed by atoms with Crippen molar-refractivity contribution in [3.63, 3.8) is 0 Å². The summed E-state index contributed by atoms with van der Waals surface area (Å²) in [5.41, 5.74) is -0.123. The van der Waals surface area contributed by atoms with E-state index >= 15 is 0 Å². The molecular formula is C20H32O4SSn. The summed E-state index contributed by atoms with van der Waals surface area (Å²) in [7, 11) is 0. The molecule has 1 aromatic rings. The van der Waals surface area contributed by atoms with Crippen LogP contribution in [-0.2, 0) is 10.9 Å². The van der Waals surface area contributed by atoms with Crippen LogP contribution in [0.3, 0.4) is 0 Å². The van der Waals surface area contributed by atoms with Crippen LogP contribution in [0.1, 0.15) is 46.5 Å². The summed E-state index contributed by atoms with van der Waals surface area (Å²) in [4.78, 5) is 1.17. The van der Waals surface area contributed by atoms with Crippen molar-refractivity contribution in [1.82, 2.24) is 0 Å². The molecule has 0 aliphatic carbocycles. The zero-order valence-corrected chi connectivity index (χ0v) is 19.8. The van der Waals surface area contributed by atoms with E-state index in [-0.39, 0.29) is 23.7 Å². The van der Waals surface area contributed by atoms with Crippen molar-refractivity contribution < 1.29 is 16.0 Å². The predicted octanol–water partition coefficient (Wildman–Crippen LogP) is 4.71. The number of hydrogen-bond acceptors (Lipinski definition) is 5. The predicted molar refractivity (Wildman–Crippen MR) is 108 cm³/mol. The fourth-order valence-electron chi connectivity index (χ4n) is 3.75. The van der Waals surface area contributed by atoms with Gasteiger partial charge in [0, 0.05) is 0 Å². The van der Waals surface area contributed by atoms with E-state index in [2.05, 4.69) is 26.0 Å². The van der Waals surface area contributed by atoms with Gasteiger partial charge in [-0.25, -0.2) is 0 Å². The van der Waals surface area contributed by atoms with E-state index in [0.29, 0.717) is 0 Å². The number of aliphatic hydroxyl groups is 1. The van der Waals surface area contributed by atoms with Crippen LogP contribution in [-0.4, -0.2) is 54.2 Å². The van der Waals surface area contributed by atoms with Crippen LogP contribution < -0.4 is 0 Å². The normalized spacial score (nSPS) is 33.2. The van der Waals surface area contributed by atoms with E-state index in [4.69, 9.17) is 10.9 Å². The molecular weight excluding hydrogens is 455 g/mol. The van der Waals surface area contributed by atoms with E-state index < -0.39 is 25.3 Å². The van der Waals surface area contributed by atoms with Crippen molar-refractivity contribution in [3.8, 4) is 0 Å². The van der Waals surface area contributed by atoms with Crippen molar-refractivity contribution in [2.45, 2.75) is 90.1 Å². The van der Waals surface area contributed by atoms with Crippen LogP contribution >= 0.6 is 11.8 Å². The molecule has 2 saturated heterocycles. The molecule has 1 aromatic carbocycles. The average molecular weight is 487 g/mol. The van der Waals surface area contributed by atoms with E-state index in [0.717, 1.165) is 34.6 Å². The third-order valence-corrected chi connectivity index (χ3v) is 16.8. The summed E-state index contributed by atoms with van der Waals surface area (Å²) in [6.07, 6.45) is 3.40. The molecule has 0 saturated carbocycles. The van der Waals surface area contributed by atoms with Gasteiger partial charge >= 0.3 is 167 Å². The molecule has 0 unspecified atom stereocenters. The first-order valence-corrected chi connectivity index (χ1v) is 17.2. The van der Waals surface area contributed by atoms with Gasteiger partial charge in [0.2, 0.25) is 0 Å². The molecule has 6 heteroatoms. The fraction of sp³-hybridized carbons (Fsp3) is 0.700. The summed E-state index contributed by atoms with van der Waals surface area (Å²) in [5, 5.41) is 10.7. The molecule has 0 bridgehead atoms. The third-order valence-electron chi connectivity index (χ3n) is 5.28. The van der Waals surface area contributed by atoms with Gasteiger partial charge in [-0.05, 0) is 0 Å². The monoisotopic (exact) mass is 488 g/mol. The molecule has 0 spiro atoms. The maximum atomic E-state index is 10.7. The minimum atomic E-state index is -3.16. The molecule has 4 nitrogen and oxygen atoms in total. The molecule has 1 N–H and O–H groups in total. The first-order chi connectivity index (χ1) is 12.6. The van der Waals surface area contributed by atoms with Crippen molar-refractivity contribution in [3.05, 3.63) is 30.3 Å². The van der Waals surface area contributed by atoms with E-state index in [1.165, 1.54) is 4.90 Å². The topological polar surface area (TPSA) is 47.9 Å². The number of fused-ring (bicyclic) bond motifs is 1. The number of aliphatic hydroxyl groups excluding tert-OH is 1. The Morgan fingerprint density at radius 2 is 1.62 bits per heavy atom. The molecule has 0 amide bonds. The Bertz CT molecular complexity index is 550. The van der Waals surface area contributed by atoms with Crippen molar-refractivity contribution >= 4 is 31.0 Å². The summed E-state index contributed by atoms with van der Waals surface area (Å²) in [6.45, 7) is 6.38. The van der Waals surface area contributed by atoms with Crippen LogP contribution in [0.5, 0.6) is 0 Å².